The molecule has 0 unspecified atom stereocenters. The fourth-order valence-electron chi connectivity index (χ4n) is 5.97. The molecule has 4 rings (SSSR count). The lowest BCUT2D eigenvalue weighted by Gasteiger charge is -2.47. The number of rotatable bonds is 10. The smallest absolute Gasteiger partial charge is 0.261 e. The van der Waals surface area contributed by atoms with Crippen LogP contribution in [0.25, 0.3) is 0 Å². The Morgan fingerprint density at radius 2 is 1.55 bits per heavy atom. The van der Waals surface area contributed by atoms with Gasteiger partial charge in [-0.3, -0.25) is 0 Å². The van der Waals surface area contributed by atoms with Crippen molar-refractivity contribution in [3.63, 3.8) is 0 Å². The Labute approximate surface area is 229 Å². The minimum Gasteiger partial charge on any atom is -0.405 e. The topological polar surface area (TPSA) is 46.2 Å². The van der Waals surface area contributed by atoms with Gasteiger partial charge in [-0.2, -0.15) is 0 Å². The predicted octanol–water partition coefficient (Wildman–Crippen LogP) is 5.74. The summed E-state index contributed by atoms with van der Waals surface area (Å²) in [4.78, 5) is 0. The first-order valence-corrected chi connectivity index (χ1v) is 15.6. The highest BCUT2D eigenvalue weighted by Gasteiger charge is 2.59. The first-order chi connectivity index (χ1) is 18.0. The molecule has 0 N–H and O–H groups in total. The van der Waals surface area contributed by atoms with E-state index in [0.717, 1.165) is 0 Å². The summed E-state index contributed by atoms with van der Waals surface area (Å²) in [5, 5.41) is 2.34. The Bertz CT molecular complexity index is 1040. The molecule has 0 saturated carbocycles. The van der Waals surface area contributed by atoms with Crippen LogP contribution < -0.4 is 10.4 Å². The monoisotopic (exact) mass is 536 g/mol. The average Bonchev–Trinajstić information content (AvgIpc) is 3.19. The molecule has 0 bridgehead atoms. The third kappa shape index (κ3) is 5.62. The Morgan fingerprint density at radius 3 is 2.05 bits per heavy atom. The van der Waals surface area contributed by atoms with Crippen molar-refractivity contribution in [2.24, 2.45) is 0 Å². The number of fused-ring (bicyclic) bond motifs is 1. The quantitative estimate of drug-likeness (QED) is 0.286. The molecule has 2 aromatic rings. The predicted molar refractivity (Wildman–Crippen MR) is 155 cm³/mol. The van der Waals surface area contributed by atoms with E-state index in [1.54, 1.807) is 6.08 Å². The molecule has 5 atom stereocenters. The highest BCUT2D eigenvalue weighted by atomic mass is 28.4. The minimum atomic E-state index is -2.73. The molecule has 2 fully saturated rings. The van der Waals surface area contributed by atoms with E-state index < -0.39 is 26.0 Å². The number of hydrogen-bond donors (Lipinski definition) is 0. The molecular weight excluding hydrogens is 492 g/mol. The van der Waals surface area contributed by atoms with E-state index >= 15 is 0 Å². The van der Waals surface area contributed by atoms with Gasteiger partial charge in [-0.15, -0.1) is 6.58 Å². The Hall–Kier alpha value is -2.06. The highest BCUT2D eigenvalue weighted by Crippen LogP contribution is 2.45. The molecule has 5 nitrogen and oxygen atoms in total. The van der Waals surface area contributed by atoms with E-state index in [1.807, 2.05) is 26.8 Å². The van der Waals surface area contributed by atoms with Crippen LogP contribution in [-0.2, 0) is 23.4 Å². The van der Waals surface area contributed by atoms with Crippen molar-refractivity contribution >= 4 is 18.7 Å². The molecule has 2 aliphatic heterocycles. The van der Waals surface area contributed by atoms with Gasteiger partial charge in [0, 0.05) is 6.42 Å². The lowest BCUT2D eigenvalue weighted by molar-refractivity contribution is -0.316. The lowest BCUT2D eigenvalue weighted by atomic mass is 9.94. The van der Waals surface area contributed by atoms with Gasteiger partial charge >= 0.3 is 0 Å². The van der Waals surface area contributed by atoms with Crippen LogP contribution in [0.15, 0.2) is 86.0 Å². The Balaban J connectivity index is 1.70. The van der Waals surface area contributed by atoms with Gasteiger partial charge in [-0.1, -0.05) is 94.1 Å². The van der Waals surface area contributed by atoms with E-state index in [0.29, 0.717) is 19.4 Å². The second-order valence-electron chi connectivity index (χ2n) is 11.9. The van der Waals surface area contributed by atoms with Crippen LogP contribution in [0.5, 0.6) is 0 Å². The van der Waals surface area contributed by atoms with Crippen LogP contribution in [0, 0.1) is 0 Å². The summed E-state index contributed by atoms with van der Waals surface area (Å²) in [6.45, 7) is 21.1. The van der Waals surface area contributed by atoms with Crippen LogP contribution in [0.1, 0.15) is 54.4 Å². The van der Waals surface area contributed by atoms with E-state index in [4.69, 9.17) is 23.4 Å². The van der Waals surface area contributed by atoms with Crippen molar-refractivity contribution in [2.45, 2.75) is 95.4 Å². The van der Waals surface area contributed by atoms with Gasteiger partial charge in [0.15, 0.2) is 5.79 Å². The van der Waals surface area contributed by atoms with E-state index in [-0.39, 0.29) is 23.4 Å². The maximum atomic E-state index is 7.21. The second kappa shape index (κ2) is 11.2. The van der Waals surface area contributed by atoms with Gasteiger partial charge in [-0.05, 0) is 48.7 Å². The molecule has 2 aliphatic rings. The normalized spacial score (nSPS) is 27.9. The first-order valence-electron chi connectivity index (χ1n) is 13.7. The van der Waals surface area contributed by atoms with Crippen molar-refractivity contribution in [1.29, 1.82) is 0 Å². The highest BCUT2D eigenvalue weighted by molar-refractivity contribution is 6.99. The van der Waals surface area contributed by atoms with Crippen LogP contribution in [0.2, 0.25) is 5.04 Å². The molecule has 0 spiro atoms. The summed E-state index contributed by atoms with van der Waals surface area (Å²) in [6, 6.07) is 21.3. The summed E-state index contributed by atoms with van der Waals surface area (Å²) >= 11 is 0. The van der Waals surface area contributed by atoms with E-state index in [9.17, 15) is 0 Å². The van der Waals surface area contributed by atoms with Crippen molar-refractivity contribution < 1.29 is 23.4 Å². The van der Waals surface area contributed by atoms with Crippen LogP contribution in [-0.4, -0.2) is 50.9 Å². The van der Waals surface area contributed by atoms with E-state index in [2.05, 4.69) is 94.6 Å². The van der Waals surface area contributed by atoms with Crippen molar-refractivity contribution in [1.82, 2.24) is 0 Å². The molecule has 2 aromatic carbocycles. The lowest BCUT2D eigenvalue weighted by Crippen LogP contribution is -2.67. The van der Waals surface area contributed by atoms with Crippen molar-refractivity contribution in [2.75, 3.05) is 6.61 Å². The fraction of sp³-hybridized carbons (Fsp3) is 0.500. The van der Waals surface area contributed by atoms with Crippen molar-refractivity contribution in [3.8, 4) is 0 Å². The maximum absolute atomic E-state index is 7.21. The third-order valence-corrected chi connectivity index (χ3v) is 12.5. The van der Waals surface area contributed by atoms with Gasteiger partial charge < -0.3 is 23.4 Å². The SMILES string of the molecule is C=CC[C@H](C)O[C@@]1(C=C)O[C@@H](CO[Si](c2ccccc2)(c2ccccc2)C(C)(C)C)C[C@@H]2OC(C)(C)O[C@@H]21. The largest absolute Gasteiger partial charge is 0.405 e. The van der Waals surface area contributed by atoms with Crippen molar-refractivity contribution in [3.05, 3.63) is 86.0 Å². The Morgan fingerprint density at radius 1 is 0.974 bits per heavy atom. The van der Waals surface area contributed by atoms with Gasteiger partial charge in [0.05, 0.1) is 24.9 Å². The number of hydrogen-bond acceptors (Lipinski definition) is 5. The fourth-order valence-corrected chi connectivity index (χ4v) is 10.6. The molecule has 0 radical (unpaired) electrons. The molecule has 6 heteroatoms. The molecule has 0 amide bonds. The standard InChI is InChI=1S/C32H44O5Si/c1-9-17-24(3)34-32(10-2)29-28(36-31(7,8)37-29)22-25(35-32)23-33-38(30(4,5)6,26-18-13-11-14-19-26)27-20-15-12-16-21-27/h9-16,18-21,24-25,28-29H,1-2,17,22-23H2,3-8H3/t24-,25+,28-,29-,32-/m0/s1. The van der Waals surface area contributed by atoms with Crippen LogP contribution in [0.3, 0.4) is 0 Å². The summed E-state index contributed by atoms with van der Waals surface area (Å²) in [5.41, 5.74) is 0. The Kier molecular flexibility index (Phi) is 8.53. The second-order valence-corrected chi connectivity index (χ2v) is 16.2. The first kappa shape index (κ1) is 28.9. The van der Waals surface area contributed by atoms with Crippen LogP contribution in [0.4, 0.5) is 0 Å². The van der Waals surface area contributed by atoms with Gasteiger partial charge in [0.1, 0.15) is 6.10 Å². The molecule has 2 saturated heterocycles. The zero-order chi connectivity index (χ0) is 27.6. The summed E-state index contributed by atoms with van der Waals surface area (Å²) in [5.74, 6) is -1.90. The number of ether oxygens (including phenoxy) is 4. The molecule has 0 aliphatic carbocycles. The summed E-state index contributed by atoms with van der Waals surface area (Å²) < 4.78 is 33.1. The third-order valence-electron chi connectivity index (χ3n) is 7.50. The minimum absolute atomic E-state index is 0.130. The van der Waals surface area contributed by atoms with Gasteiger partial charge in [-0.25, -0.2) is 0 Å². The number of benzene rings is 2. The summed E-state index contributed by atoms with van der Waals surface area (Å²) in [7, 11) is -2.73. The summed E-state index contributed by atoms with van der Waals surface area (Å²) in [6.07, 6.45) is 3.86. The molecular formula is C32H44O5Si. The van der Waals surface area contributed by atoms with Gasteiger partial charge in [0.25, 0.3) is 8.32 Å². The van der Waals surface area contributed by atoms with E-state index in [1.165, 1.54) is 10.4 Å². The van der Waals surface area contributed by atoms with Crippen LogP contribution >= 0.6 is 0 Å². The van der Waals surface area contributed by atoms with Gasteiger partial charge in [0.2, 0.25) is 5.79 Å². The average molecular weight is 537 g/mol. The maximum Gasteiger partial charge on any atom is 0.261 e. The molecule has 38 heavy (non-hydrogen) atoms. The molecule has 206 valence electrons. The molecule has 2 heterocycles. The zero-order valence-electron chi connectivity index (χ0n) is 23.8. The zero-order valence-corrected chi connectivity index (χ0v) is 24.8. The molecule has 0 aromatic heterocycles.